The van der Waals surface area contributed by atoms with Gasteiger partial charge in [-0.1, -0.05) is 6.07 Å². The Morgan fingerprint density at radius 2 is 2.00 bits per heavy atom. The summed E-state index contributed by atoms with van der Waals surface area (Å²) in [5.74, 6) is -2.93. The van der Waals surface area contributed by atoms with Gasteiger partial charge in [-0.05, 0) is 11.6 Å². The highest BCUT2D eigenvalue weighted by molar-refractivity contribution is 5.86. The minimum atomic E-state index is -5.08. The molecule has 0 bridgehead atoms. The van der Waals surface area contributed by atoms with Crippen LogP contribution in [0.5, 0.6) is 0 Å². The Morgan fingerprint density at radius 1 is 1.33 bits per heavy atom. The number of pyridine rings is 1. The largest absolute Gasteiger partial charge is 0.490 e. The van der Waals surface area contributed by atoms with E-state index in [1.165, 1.54) is 4.90 Å². The highest BCUT2D eigenvalue weighted by Crippen LogP contribution is 2.24. The Morgan fingerprint density at radius 3 is 2.53 bits per heavy atom. The van der Waals surface area contributed by atoms with Gasteiger partial charge < -0.3 is 19.6 Å². The van der Waals surface area contributed by atoms with E-state index in [2.05, 4.69) is 9.88 Å². The fourth-order valence-electron chi connectivity index (χ4n) is 3.11. The van der Waals surface area contributed by atoms with E-state index in [1.807, 2.05) is 18.3 Å². The summed E-state index contributed by atoms with van der Waals surface area (Å²) >= 11 is 0. The second kappa shape index (κ2) is 9.85. The monoisotopic (exact) mass is 432 g/mol. The third kappa shape index (κ3) is 6.39. The van der Waals surface area contributed by atoms with Crippen LogP contribution in [0.3, 0.4) is 0 Å². The van der Waals surface area contributed by atoms with Crippen LogP contribution in [0.25, 0.3) is 0 Å². The lowest BCUT2D eigenvalue weighted by atomic mass is 10.1. The van der Waals surface area contributed by atoms with Crippen LogP contribution in [-0.2, 0) is 25.7 Å². The number of likely N-dealkylation sites (tertiary alicyclic amines) is 1. The predicted molar refractivity (Wildman–Crippen MR) is 97.1 cm³/mol. The van der Waals surface area contributed by atoms with Gasteiger partial charge in [0.25, 0.3) is 0 Å². The van der Waals surface area contributed by atoms with Crippen molar-refractivity contribution in [3.63, 3.8) is 0 Å². The van der Waals surface area contributed by atoms with Crippen molar-refractivity contribution < 1.29 is 37.4 Å². The number of aliphatic carboxylic acids is 1. The first-order chi connectivity index (χ1) is 14.0. The Balaban J connectivity index is 0.000000396. The second-order valence-corrected chi connectivity index (χ2v) is 7.08. The van der Waals surface area contributed by atoms with Gasteiger partial charge in [0, 0.05) is 46.1 Å². The number of carbonyl (C=O) groups excluding carboxylic acids is 2. The lowest BCUT2D eigenvalue weighted by Gasteiger charge is -2.36. The summed E-state index contributed by atoms with van der Waals surface area (Å²) in [4.78, 5) is 42.6. The summed E-state index contributed by atoms with van der Waals surface area (Å²) in [6.07, 6.45) is -1.51. The van der Waals surface area contributed by atoms with Gasteiger partial charge in [-0.2, -0.15) is 13.2 Å². The number of aromatic nitrogens is 1. The average Bonchev–Trinajstić information content (AvgIpc) is 3.07. The van der Waals surface area contributed by atoms with Crippen LogP contribution in [0.4, 0.5) is 13.2 Å². The summed E-state index contributed by atoms with van der Waals surface area (Å²) in [5, 5.41) is 7.12. The number of morpholine rings is 1. The van der Waals surface area contributed by atoms with Crippen LogP contribution in [0.15, 0.2) is 24.5 Å². The lowest BCUT2D eigenvalue weighted by molar-refractivity contribution is -0.192. The van der Waals surface area contributed by atoms with Crippen LogP contribution in [0.1, 0.15) is 5.56 Å². The Kier molecular flexibility index (Phi) is 7.73. The minimum Gasteiger partial charge on any atom is -0.475 e. The zero-order chi connectivity index (χ0) is 22.5. The number of ether oxygens (including phenoxy) is 1. The number of nitrogens with zero attached hydrogens (tertiary/aromatic N) is 4. The maximum atomic E-state index is 12.2. The highest BCUT2D eigenvalue weighted by Gasteiger charge is 2.43. The van der Waals surface area contributed by atoms with E-state index in [4.69, 9.17) is 14.6 Å². The molecular formula is C18H23F3N4O5. The zero-order valence-electron chi connectivity index (χ0n) is 16.5. The molecule has 2 atom stereocenters. The predicted octanol–water partition coefficient (Wildman–Crippen LogP) is 0.215. The number of rotatable bonds is 4. The molecule has 3 rings (SSSR count). The fraction of sp³-hybridized carbons (Fsp3) is 0.556. The summed E-state index contributed by atoms with van der Waals surface area (Å²) in [6.45, 7) is 2.43. The van der Waals surface area contributed by atoms with Gasteiger partial charge in [0.1, 0.15) is 13.2 Å². The molecule has 1 N–H and O–H groups in total. The van der Waals surface area contributed by atoms with E-state index in [1.54, 1.807) is 25.2 Å². The lowest BCUT2D eigenvalue weighted by Crippen LogP contribution is -2.56. The van der Waals surface area contributed by atoms with Gasteiger partial charge in [-0.25, -0.2) is 4.79 Å². The summed E-state index contributed by atoms with van der Waals surface area (Å²) in [5.41, 5.74) is 1.13. The van der Waals surface area contributed by atoms with Crippen LogP contribution in [-0.4, -0.2) is 101 Å². The van der Waals surface area contributed by atoms with Gasteiger partial charge in [-0.3, -0.25) is 19.5 Å². The summed E-state index contributed by atoms with van der Waals surface area (Å²) < 4.78 is 37.4. The Labute approximate surface area is 171 Å². The van der Waals surface area contributed by atoms with Crippen molar-refractivity contribution in [2.24, 2.45) is 0 Å². The summed E-state index contributed by atoms with van der Waals surface area (Å²) in [6, 6.07) is 3.89. The van der Waals surface area contributed by atoms with E-state index < -0.39 is 12.1 Å². The number of amides is 2. The van der Waals surface area contributed by atoms with Crippen LogP contribution < -0.4 is 0 Å². The van der Waals surface area contributed by atoms with Crippen molar-refractivity contribution in [1.82, 2.24) is 19.7 Å². The Bertz CT molecular complexity index is 760. The Hall–Kier alpha value is -2.73. The molecule has 30 heavy (non-hydrogen) atoms. The molecule has 9 nitrogen and oxygen atoms in total. The molecule has 1 aromatic rings. The zero-order valence-corrected chi connectivity index (χ0v) is 16.5. The molecule has 0 aromatic carbocycles. The minimum absolute atomic E-state index is 0.0284. The van der Waals surface area contributed by atoms with Crippen molar-refractivity contribution in [3.8, 4) is 0 Å². The number of fused-ring (bicyclic) bond motifs is 1. The van der Waals surface area contributed by atoms with Crippen molar-refractivity contribution in [1.29, 1.82) is 0 Å². The number of alkyl halides is 3. The number of carbonyl (C=O) groups is 3. The average molecular weight is 432 g/mol. The van der Waals surface area contributed by atoms with Crippen molar-refractivity contribution in [3.05, 3.63) is 30.1 Å². The van der Waals surface area contributed by atoms with Crippen LogP contribution in [0.2, 0.25) is 0 Å². The maximum absolute atomic E-state index is 12.2. The van der Waals surface area contributed by atoms with E-state index in [0.717, 1.165) is 18.7 Å². The van der Waals surface area contributed by atoms with Gasteiger partial charge in [0.05, 0.1) is 12.1 Å². The molecular weight excluding hydrogens is 409 g/mol. The fourth-order valence-corrected chi connectivity index (χ4v) is 3.11. The molecule has 1 aromatic heterocycles. The molecule has 2 amide bonds. The van der Waals surface area contributed by atoms with Gasteiger partial charge >= 0.3 is 12.1 Å². The maximum Gasteiger partial charge on any atom is 0.490 e. The third-order valence-electron chi connectivity index (χ3n) is 4.63. The normalized spacial score (nSPS) is 21.5. The first kappa shape index (κ1) is 23.5. The molecule has 0 spiro atoms. The standard InChI is InChI=1S/C16H22N4O3.C2HF3O2/c1-18(2)15(21)10-20-13-8-19(7-12-4-3-5-17-6-12)9-14(13)23-11-16(20)22;3-2(4,5)1(6)7/h3-6,13-14H,7-11H2,1-2H3;(H,6,7). The molecule has 3 heterocycles. The first-order valence-electron chi connectivity index (χ1n) is 9.01. The quantitative estimate of drug-likeness (QED) is 0.726. The molecule has 2 unspecified atom stereocenters. The molecule has 12 heteroatoms. The van der Waals surface area contributed by atoms with Crippen LogP contribution >= 0.6 is 0 Å². The first-order valence-corrected chi connectivity index (χ1v) is 9.01. The number of carboxylic acids is 1. The van der Waals surface area contributed by atoms with E-state index >= 15 is 0 Å². The van der Waals surface area contributed by atoms with Gasteiger partial charge in [0.15, 0.2) is 0 Å². The van der Waals surface area contributed by atoms with Gasteiger partial charge in [-0.15, -0.1) is 0 Å². The van der Waals surface area contributed by atoms with E-state index in [-0.39, 0.29) is 37.1 Å². The van der Waals surface area contributed by atoms with E-state index in [9.17, 15) is 22.8 Å². The van der Waals surface area contributed by atoms with Crippen molar-refractivity contribution in [2.45, 2.75) is 24.9 Å². The number of hydrogen-bond donors (Lipinski definition) is 1. The molecule has 0 saturated carbocycles. The second-order valence-electron chi connectivity index (χ2n) is 7.08. The topological polar surface area (TPSA) is 103 Å². The number of carboxylic acid groups (broad SMARTS) is 1. The molecule has 2 aliphatic heterocycles. The molecule has 0 radical (unpaired) electrons. The number of halogens is 3. The molecule has 2 aliphatic rings. The number of hydrogen-bond acceptors (Lipinski definition) is 6. The van der Waals surface area contributed by atoms with Gasteiger partial charge in [0.2, 0.25) is 11.8 Å². The molecule has 166 valence electrons. The van der Waals surface area contributed by atoms with E-state index in [0.29, 0.717) is 6.54 Å². The van der Waals surface area contributed by atoms with Crippen LogP contribution in [0, 0.1) is 0 Å². The number of likely N-dealkylation sites (N-methyl/N-ethyl adjacent to an activating group) is 1. The van der Waals surface area contributed by atoms with Crippen molar-refractivity contribution in [2.75, 3.05) is 40.3 Å². The SMILES string of the molecule is CN(C)C(=O)CN1C(=O)COC2CN(Cc3cccnc3)CC21.O=C(O)C(F)(F)F. The summed E-state index contributed by atoms with van der Waals surface area (Å²) in [7, 11) is 3.40. The molecule has 2 saturated heterocycles. The smallest absolute Gasteiger partial charge is 0.475 e. The highest BCUT2D eigenvalue weighted by atomic mass is 19.4. The van der Waals surface area contributed by atoms with Crippen molar-refractivity contribution >= 4 is 17.8 Å². The molecule has 2 fully saturated rings. The third-order valence-corrected chi connectivity index (χ3v) is 4.63. The molecule has 0 aliphatic carbocycles.